The summed E-state index contributed by atoms with van der Waals surface area (Å²) < 4.78 is 18.1. The van der Waals surface area contributed by atoms with Crippen molar-refractivity contribution in [3.63, 3.8) is 0 Å². The fourth-order valence-corrected chi connectivity index (χ4v) is 1.89. The predicted octanol–water partition coefficient (Wildman–Crippen LogP) is 3.13. The van der Waals surface area contributed by atoms with Crippen molar-refractivity contribution in [1.82, 2.24) is 0 Å². The summed E-state index contributed by atoms with van der Waals surface area (Å²) in [5.41, 5.74) is 2.10. The van der Waals surface area contributed by atoms with Crippen LogP contribution in [0.15, 0.2) is 47.6 Å². The molecular weight excluding hydrogens is 299 g/mol. The van der Waals surface area contributed by atoms with Crippen LogP contribution in [0.1, 0.15) is 11.1 Å². The number of benzene rings is 2. The van der Waals surface area contributed by atoms with Gasteiger partial charge in [0.25, 0.3) is 5.91 Å². The van der Waals surface area contributed by atoms with Crippen LogP contribution in [0.3, 0.4) is 0 Å². The molecule has 0 fully saturated rings. The van der Waals surface area contributed by atoms with E-state index in [4.69, 9.17) is 9.57 Å². The summed E-state index contributed by atoms with van der Waals surface area (Å²) >= 11 is 0. The molecule has 2 rings (SSSR count). The topological polar surface area (TPSA) is 59.9 Å². The molecule has 2 aromatic carbocycles. The van der Waals surface area contributed by atoms with E-state index < -0.39 is 0 Å². The fourth-order valence-electron chi connectivity index (χ4n) is 1.89. The average molecular weight is 316 g/mol. The molecule has 1 amide bonds. The number of carbonyl (C=O) groups excluding carboxylic acids is 1. The number of hydrogen-bond donors (Lipinski definition) is 1. The van der Waals surface area contributed by atoms with Crippen molar-refractivity contribution in [2.24, 2.45) is 5.16 Å². The molecule has 0 bridgehead atoms. The third kappa shape index (κ3) is 5.10. The average Bonchev–Trinajstić information content (AvgIpc) is 2.52. The number of aryl methyl sites for hydroxylation is 1. The first kappa shape index (κ1) is 16.5. The van der Waals surface area contributed by atoms with Gasteiger partial charge in [0.1, 0.15) is 11.6 Å². The molecule has 0 heterocycles. The third-order valence-corrected chi connectivity index (χ3v) is 2.95. The maximum atomic E-state index is 13.0. The summed E-state index contributed by atoms with van der Waals surface area (Å²) in [6, 6.07) is 11.3. The van der Waals surface area contributed by atoms with E-state index in [2.05, 4.69) is 10.5 Å². The molecule has 120 valence electrons. The highest BCUT2D eigenvalue weighted by molar-refractivity contribution is 5.93. The number of nitrogens with zero attached hydrogens (tertiary/aromatic N) is 1. The zero-order valence-electron chi connectivity index (χ0n) is 12.9. The molecule has 0 atom stereocenters. The zero-order valence-corrected chi connectivity index (χ0v) is 12.9. The Morgan fingerprint density at radius 2 is 2.13 bits per heavy atom. The van der Waals surface area contributed by atoms with Gasteiger partial charge in [-0.1, -0.05) is 23.4 Å². The number of oxime groups is 1. The maximum Gasteiger partial charge on any atom is 0.265 e. The number of nitrogens with one attached hydrogen (secondary N) is 1. The molecule has 23 heavy (non-hydrogen) atoms. The van der Waals surface area contributed by atoms with Gasteiger partial charge in [0.2, 0.25) is 0 Å². The second-order valence-electron chi connectivity index (χ2n) is 4.81. The molecule has 0 aliphatic carbocycles. The SMILES string of the molecule is COc1ccc(C)cc1NC(=O)CO/N=C\c1cccc(F)c1. The van der Waals surface area contributed by atoms with Gasteiger partial charge in [-0.25, -0.2) is 4.39 Å². The lowest BCUT2D eigenvalue weighted by atomic mass is 10.2. The van der Waals surface area contributed by atoms with Crippen LogP contribution in [-0.4, -0.2) is 25.8 Å². The van der Waals surface area contributed by atoms with Gasteiger partial charge < -0.3 is 14.9 Å². The van der Waals surface area contributed by atoms with Crippen LogP contribution in [0.5, 0.6) is 5.75 Å². The summed E-state index contributed by atoms with van der Waals surface area (Å²) in [7, 11) is 1.53. The highest BCUT2D eigenvalue weighted by Gasteiger charge is 2.08. The molecule has 0 aliphatic rings. The molecule has 0 aromatic heterocycles. The van der Waals surface area contributed by atoms with Crippen molar-refractivity contribution in [1.29, 1.82) is 0 Å². The smallest absolute Gasteiger partial charge is 0.265 e. The minimum absolute atomic E-state index is 0.261. The number of carbonyl (C=O) groups is 1. The summed E-state index contributed by atoms with van der Waals surface area (Å²) in [5, 5.41) is 6.33. The Bertz CT molecular complexity index is 717. The van der Waals surface area contributed by atoms with Crippen molar-refractivity contribution in [2.45, 2.75) is 6.92 Å². The van der Waals surface area contributed by atoms with Gasteiger partial charge in [-0.05, 0) is 42.3 Å². The molecular formula is C17H17FN2O3. The van der Waals surface area contributed by atoms with E-state index in [1.54, 1.807) is 24.3 Å². The Labute approximate surface area is 133 Å². The Morgan fingerprint density at radius 1 is 1.30 bits per heavy atom. The summed E-state index contributed by atoms with van der Waals surface area (Å²) in [5.74, 6) is -0.171. The Hall–Kier alpha value is -2.89. The van der Waals surface area contributed by atoms with E-state index in [1.807, 2.05) is 13.0 Å². The van der Waals surface area contributed by atoms with Crippen LogP contribution in [0.2, 0.25) is 0 Å². The molecule has 6 heteroatoms. The molecule has 0 unspecified atom stereocenters. The number of amides is 1. The van der Waals surface area contributed by atoms with Crippen molar-refractivity contribution in [3.8, 4) is 5.75 Å². The number of anilines is 1. The lowest BCUT2D eigenvalue weighted by Crippen LogP contribution is -2.17. The van der Waals surface area contributed by atoms with E-state index in [9.17, 15) is 9.18 Å². The number of methoxy groups -OCH3 is 1. The van der Waals surface area contributed by atoms with Gasteiger partial charge in [-0.15, -0.1) is 0 Å². The molecule has 5 nitrogen and oxygen atoms in total. The van der Waals surface area contributed by atoms with E-state index in [-0.39, 0.29) is 18.3 Å². The minimum Gasteiger partial charge on any atom is -0.495 e. The van der Waals surface area contributed by atoms with Crippen molar-refractivity contribution >= 4 is 17.8 Å². The lowest BCUT2D eigenvalue weighted by molar-refractivity contribution is -0.120. The van der Waals surface area contributed by atoms with Crippen molar-refractivity contribution in [3.05, 3.63) is 59.4 Å². The summed E-state index contributed by atoms with van der Waals surface area (Å²) in [6.45, 7) is 1.65. The molecule has 0 saturated carbocycles. The van der Waals surface area contributed by atoms with Gasteiger partial charge >= 0.3 is 0 Å². The number of rotatable bonds is 6. The molecule has 0 radical (unpaired) electrons. The normalized spacial score (nSPS) is 10.6. The summed E-state index contributed by atoms with van der Waals surface area (Å²) in [6.07, 6.45) is 1.34. The van der Waals surface area contributed by atoms with Gasteiger partial charge in [0, 0.05) is 0 Å². The second kappa shape index (κ2) is 7.93. The van der Waals surface area contributed by atoms with Crippen molar-refractivity contribution < 1.29 is 18.8 Å². The third-order valence-electron chi connectivity index (χ3n) is 2.95. The van der Waals surface area contributed by atoms with Crippen LogP contribution in [-0.2, 0) is 9.63 Å². The zero-order chi connectivity index (χ0) is 16.7. The Kier molecular flexibility index (Phi) is 5.68. The lowest BCUT2D eigenvalue weighted by Gasteiger charge is -2.10. The number of hydrogen-bond acceptors (Lipinski definition) is 4. The molecule has 2 aromatic rings. The van der Waals surface area contributed by atoms with Crippen LogP contribution < -0.4 is 10.1 Å². The number of halogens is 1. The van der Waals surface area contributed by atoms with Crippen LogP contribution in [0, 0.1) is 12.7 Å². The molecule has 0 spiro atoms. The largest absolute Gasteiger partial charge is 0.495 e. The van der Waals surface area contributed by atoms with E-state index in [0.717, 1.165) is 5.56 Å². The van der Waals surface area contributed by atoms with Crippen LogP contribution in [0.25, 0.3) is 0 Å². The first-order valence-corrected chi connectivity index (χ1v) is 6.94. The van der Waals surface area contributed by atoms with E-state index in [1.165, 1.54) is 25.5 Å². The van der Waals surface area contributed by atoms with Crippen molar-refractivity contribution in [2.75, 3.05) is 19.0 Å². The van der Waals surface area contributed by atoms with E-state index in [0.29, 0.717) is 17.0 Å². The molecule has 0 saturated heterocycles. The highest BCUT2D eigenvalue weighted by Crippen LogP contribution is 2.24. The van der Waals surface area contributed by atoms with Gasteiger partial charge in [-0.2, -0.15) is 0 Å². The van der Waals surface area contributed by atoms with Gasteiger partial charge in [0.05, 0.1) is 19.0 Å². The van der Waals surface area contributed by atoms with Crippen LogP contribution >= 0.6 is 0 Å². The standard InChI is InChI=1S/C17H17FN2O3/c1-12-6-7-16(22-2)15(8-12)20-17(21)11-23-19-10-13-4-3-5-14(18)9-13/h3-10H,11H2,1-2H3,(H,20,21)/b19-10-. The first-order valence-electron chi connectivity index (χ1n) is 6.94. The second-order valence-corrected chi connectivity index (χ2v) is 4.81. The monoisotopic (exact) mass is 316 g/mol. The maximum absolute atomic E-state index is 13.0. The van der Waals surface area contributed by atoms with Gasteiger partial charge in [-0.3, -0.25) is 4.79 Å². The molecule has 1 N–H and O–H groups in total. The highest BCUT2D eigenvalue weighted by atomic mass is 19.1. The minimum atomic E-state index is -0.370. The Balaban J connectivity index is 1.87. The summed E-state index contributed by atoms with van der Waals surface area (Å²) in [4.78, 5) is 16.7. The number of ether oxygens (including phenoxy) is 1. The quantitative estimate of drug-likeness (QED) is 0.658. The first-order chi connectivity index (χ1) is 11.1. The Morgan fingerprint density at radius 3 is 2.87 bits per heavy atom. The van der Waals surface area contributed by atoms with Crippen LogP contribution in [0.4, 0.5) is 10.1 Å². The molecule has 0 aliphatic heterocycles. The fraction of sp³-hybridized carbons (Fsp3) is 0.176. The van der Waals surface area contributed by atoms with E-state index >= 15 is 0 Å². The predicted molar refractivity (Wildman–Crippen MR) is 86.3 cm³/mol. The van der Waals surface area contributed by atoms with Gasteiger partial charge in [0.15, 0.2) is 6.61 Å².